The number of unbranched alkanes of at least 4 members (excludes halogenated alkanes) is 15. The molecule has 0 N–H and O–H groups in total. The first kappa shape index (κ1) is 29.8. The minimum atomic E-state index is -1.02. The van der Waals surface area contributed by atoms with E-state index in [4.69, 9.17) is 0 Å². The van der Waals surface area contributed by atoms with Gasteiger partial charge < -0.3 is 0 Å². The number of hydrogen-bond acceptors (Lipinski definition) is 0. The van der Waals surface area contributed by atoms with Gasteiger partial charge in [0, 0.05) is 23.9 Å². The first-order valence-electron chi connectivity index (χ1n) is 12.2. The van der Waals surface area contributed by atoms with Crippen LogP contribution in [0.25, 0.3) is 0 Å². The molecule has 0 unspecified atom stereocenters. The Kier molecular flexibility index (Phi) is 30.5. The molecule has 155 valence electrons. The molecule has 0 aromatic heterocycles. The van der Waals surface area contributed by atoms with E-state index >= 15 is 0 Å². The maximum absolute atomic E-state index is 2.33. The van der Waals surface area contributed by atoms with E-state index < -0.39 is 19.8 Å². The fourth-order valence-electron chi connectivity index (χ4n) is 3.84. The van der Waals surface area contributed by atoms with Crippen molar-refractivity contribution in [2.24, 2.45) is 0 Å². The zero-order valence-corrected chi connectivity index (χ0v) is 24.6. The standard InChI is InChI=1S/3C8H17.2Sn/c3*1-3-5-7-8-6-4-2;;/h3*1,3-8H2,2H3;;. The van der Waals surface area contributed by atoms with E-state index in [1.54, 1.807) is 32.6 Å². The van der Waals surface area contributed by atoms with Crippen molar-refractivity contribution in [3.63, 3.8) is 0 Å². The molecule has 0 bridgehead atoms. The summed E-state index contributed by atoms with van der Waals surface area (Å²) in [6.07, 6.45) is 26.9. The Bertz CT molecular complexity index is 192. The molecular weight excluding hydrogens is 526 g/mol. The average Bonchev–Trinajstić information content (AvgIpc) is 2.63. The van der Waals surface area contributed by atoms with E-state index in [1.165, 1.54) is 96.3 Å². The molecule has 0 nitrogen and oxygen atoms in total. The number of hydrogen-bond donors (Lipinski definition) is 0. The molecule has 5 radical (unpaired) electrons. The van der Waals surface area contributed by atoms with Crippen LogP contribution in [0.15, 0.2) is 0 Å². The van der Waals surface area contributed by atoms with Gasteiger partial charge in [-0.3, -0.25) is 0 Å². The van der Waals surface area contributed by atoms with Crippen LogP contribution in [0.2, 0.25) is 13.3 Å². The van der Waals surface area contributed by atoms with Gasteiger partial charge in [-0.05, 0) is 0 Å². The van der Waals surface area contributed by atoms with E-state index in [0.29, 0.717) is 0 Å². The molecule has 0 aromatic carbocycles. The van der Waals surface area contributed by atoms with Crippen LogP contribution in [-0.2, 0) is 0 Å². The van der Waals surface area contributed by atoms with Crippen LogP contribution < -0.4 is 0 Å². The Labute approximate surface area is 192 Å². The van der Waals surface area contributed by atoms with Crippen LogP contribution in [-0.4, -0.2) is 43.7 Å². The first-order valence-corrected chi connectivity index (χ1v) is 18.2. The summed E-state index contributed by atoms with van der Waals surface area (Å²) in [5.74, 6) is 0. The molecule has 0 atom stereocenters. The van der Waals surface area contributed by atoms with E-state index in [-0.39, 0.29) is 23.9 Å². The van der Waals surface area contributed by atoms with Gasteiger partial charge in [-0.25, -0.2) is 0 Å². The summed E-state index contributed by atoms with van der Waals surface area (Å²) >= 11 is -1.02. The van der Waals surface area contributed by atoms with Crippen molar-refractivity contribution in [2.75, 3.05) is 0 Å². The Morgan fingerprint density at radius 3 is 0.846 bits per heavy atom. The van der Waals surface area contributed by atoms with E-state index in [0.717, 1.165) is 0 Å². The molecule has 26 heavy (non-hydrogen) atoms. The van der Waals surface area contributed by atoms with Crippen molar-refractivity contribution in [3.05, 3.63) is 0 Å². The molecule has 0 aliphatic heterocycles. The third kappa shape index (κ3) is 23.6. The summed E-state index contributed by atoms with van der Waals surface area (Å²) in [6, 6.07) is 0. The van der Waals surface area contributed by atoms with Crippen LogP contribution in [0.5, 0.6) is 0 Å². The van der Waals surface area contributed by atoms with Gasteiger partial charge in [-0.1, -0.05) is 0 Å². The van der Waals surface area contributed by atoms with Crippen LogP contribution in [0.4, 0.5) is 0 Å². The minimum Gasteiger partial charge on any atom is 0 e. The maximum Gasteiger partial charge on any atom is 0 e. The smallest absolute Gasteiger partial charge is 0 e. The summed E-state index contributed by atoms with van der Waals surface area (Å²) in [5, 5.41) is 0. The quantitative estimate of drug-likeness (QED) is 0.0944. The first-order chi connectivity index (χ1) is 12.3. The van der Waals surface area contributed by atoms with Gasteiger partial charge in [0.1, 0.15) is 0 Å². The summed E-state index contributed by atoms with van der Waals surface area (Å²) < 4.78 is 5.16. The Hall–Kier alpha value is 1.60. The molecule has 0 saturated heterocycles. The molecule has 0 saturated carbocycles. The molecule has 0 rings (SSSR count). The predicted molar refractivity (Wildman–Crippen MR) is 126 cm³/mol. The average molecular weight is 577 g/mol. The molecule has 0 aromatic rings. The third-order valence-corrected chi connectivity index (χ3v) is 14.7. The topological polar surface area (TPSA) is 0 Å². The van der Waals surface area contributed by atoms with Crippen LogP contribution in [0, 0.1) is 0 Å². The number of rotatable bonds is 21. The maximum atomic E-state index is 2.33. The summed E-state index contributed by atoms with van der Waals surface area (Å²) in [4.78, 5) is 0. The monoisotopic (exact) mass is 579 g/mol. The summed E-state index contributed by atoms with van der Waals surface area (Å²) in [5.41, 5.74) is 0. The van der Waals surface area contributed by atoms with Crippen molar-refractivity contribution in [1.82, 2.24) is 0 Å². The second-order valence-corrected chi connectivity index (χ2v) is 16.9. The SMILES string of the molecule is CCCCCCC[CH2][Sn]([CH2]CCCCCCC)[CH2]CCCCCCC.[Sn]. The molecule has 0 amide bonds. The van der Waals surface area contributed by atoms with Gasteiger partial charge >= 0.3 is 169 Å². The molecule has 0 fully saturated rings. The van der Waals surface area contributed by atoms with Crippen LogP contribution >= 0.6 is 0 Å². The molecule has 0 aliphatic carbocycles. The fourth-order valence-corrected chi connectivity index (χ4v) is 12.4. The van der Waals surface area contributed by atoms with E-state index in [9.17, 15) is 0 Å². The van der Waals surface area contributed by atoms with Gasteiger partial charge in [-0.2, -0.15) is 0 Å². The van der Waals surface area contributed by atoms with Crippen molar-refractivity contribution < 1.29 is 0 Å². The third-order valence-electron chi connectivity index (χ3n) is 5.65. The van der Waals surface area contributed by atoms with Crippen molar-refractivity contribution in [1.29, 1.82) is 0 Å². The van der Waals surface area contributed by atoms with Gasteiger partial charge in [-0.15, -0.1) is 0 Å². The van der Waals surface area contributed by atoms with Crippen molar-refractivity contribution in [3.8, 4) is 0 Å². The second-order valence-electron chi connectivity index (χ2n) is 8.30. The Balaban J connectivity index is 0. The van der Waals surface area contributed by atoms with Gasteiger partial charge in [0.05, 0.1) is 0 Å². The summed E-state index contributed by atoms with van der Waals surface area (Å²) in [7, 11) is 0. The zero-order chi connectivity index (χ0) is 18.4. The van der Waals surface area contributed by atoms with Gasteiger partial charge in [0.15, 0.2) is 0 Å². The Morgan fingerprint density at radius 2 is 0.577 bits per heavy atom. The van der Waals surface area contributed by atoms with Crippen LogP contribution in [0.3, 0.4) is 0 Å². The predicted octanol–water partition coefficient (Wildman–Crippen LogP) is 9.18. The van der Waals surface area contributed by atoms with Crippen LogP contribution in [0.1, 0.15) is 136 Å². The molecule has 2 heteroatoms. The molecule has 0 heterocycles. The van der Waals surface area contributed by atoms with Crippen molar-refractivity contribution in [2.45, 2.75) is 150 Å². The van der Waals surface area contributed by atoms with Crippen molar-refractivity contribution >= 4 is 43.7 Å². The zero-order valence-electron chi connectivity index (χ0n) is 18.8. The Morgan fingerprint density at radius 1 is 0.346 bits per heavy atom. The fraction of sp³-hybridized carbons (Fsp3) is 1.00. The molecule has 0 spiro atoms. The van der Waals surface area contributed by atoms with Gasteiger partial charge in [0.25, 0.3) is 0 Å². The normalized spacial score (nSPS) is 11.1. The largest absolute Gasteiger partial charge is 0 e. The summed E-state index contributed by atoms with van der Waals surface area (Å²) in [6.45, 7) is 6.98. The molecule has 0 aliphatic rings. The minimum absolute atomic E-state index is 0. The second kappa shape index (κ2) is 26.6. The van der Waals surface area contributed by atoms with Gasteiger partial charge in [0.2, 0.25) is 0 Å². The van der Waals surface area contributed by atoms with E-state index in [2.05, 4.69) is 20.8 Å². The molecular formula is C24H51Sn2. The van der Waals surface area contributed by atoms with E-state index in [1.807, 2.05) is 0 Å².